The average molecular weight is 246 g/mol. The molecule has 0 aliphatic carbocycles. The molecule has 0 radical (unpaired) electrons. The molecule has 1 fully saturated rings. The Hall–Kier alpha value is -0.900. The summed E-state index contributed by atoms with van der Waals surface area (Å²) < 4.78 is 5.39. The van der Waals surface area contributed by atoms with Gasteiger partial charge in [-0.2, -0.15) is 0 Å². The minimum atomic E-state index is 0.712. The zero-order chi connectivity index (χ0) is 12.2. The van der Waals surface area contributed by atoms with Gasteiger partial charge in [-0.1, -0.05) is 18.2 Å². The third-order valence-electron chi connectivity index (χ3n) is 3.94. The number of benzene rings is 1. The van der Waals surface area contributed by atoms with Gasteiger partial charge in [-0.3, -0.25) is 0 Å². The van der Waals surface area contributed by atoms with Crippen molar-refractivity contribution in [2.75, 3.05) is 26.3 Å². The molecule has 1 aromatic rings. The fraction of sp³-hybridized carbons (Fsp3) is 0.600. The number of nitrogens with one attached hydrogen (secondary N) is 2. The summed E-state index contributed by atoms with van der Waals surface area (Å²) in [4.78, 5) is 0. The Morgan fingerprint density at radius 1 is 1.33 bits per heavy atom. The Kier molecular flexibility index (Phi) is 3.93. The van der Waals surface area contributed by atoms with Crippen molar-refractivity contribution in [1.82, 2.24) is 10.6 Å². The molecule has 2 heterocycles. The van der Waals surface area contributed by atoms with Crippen molar-refractivity contribution in [2.24, 2.45) is 5.92 Å². The first-order chi connectivity index (χ1) is 8.92. The van der Waals surface area contributed by atoms with Crippen LogP contribution in [0.1, 0.15) is 23.1 Å². The van der Waals surface area contributed by atoms with Gasteiger partial charge in [-0.25, -0.2) is 0 Å². The molecule has 0 saturated carbocycles. The van der Waals surface area contributed by atoms with Crippen LogP contribution >= 0.6 is 0 Å². The Labute approximate surface area is 109 Å². The van der Waals surface area contributed by atoms with Gasteiger partial charge in [0.1, 0.15) is 0 Å². The summed E-state index contributed by atoms with van der Waals surface area (Å²) >= 11 is 0. The number of hydrogen-bond acceptors (Lipinski definition) is 3. The lowest BCUT2D eigenvalue weighted by atomic mass is 9.98. The lowest BCUT2D eigenvalue weighted by molar-refractivity contribution is 0.185. The van der Waals surface area contributed by atoms with Gasteiger partial charge in [-0.15, -0.1) is 0 Å². The lowest BCUT2D eigenvalue weighted by Gasteiger charge is -2.18. The second kappa shape index (κ2) is 5.83. The molecule has 3 nitrogen and oxygen atoms in total. The predicted octanol–water partition coefficient (Wildman–Crippen LogP) is 1.46. The van der Waals surface area contributed by atoms with Crippen LogP contribution in [-0.2, 0) is 24.2 Å². The van der Waals surface area contributed by atoms with Crippen molar-refractivity contribution in [3.63, 3.8) is 0 Å². The van der Waals surface area contributed by atoms with E-state index < -0.39 is 0 Å². The highest BCUT2D eigenvalue weighted by molar-refractivity contribution is 5.33. The van der Waals surface area contributed by atoms with E-state index in [0.29, 0.717) is 5.92 Å². The first-order valence-corrected chi connectivity index (χ1v) is 7.02. The van der Waals surface area contributed by atoms with Crippen LogP contribution in [0.15, 0.2) is 18.2 Å². The predicted molar refractivity (Wildman–Crippen MR) is 72.5 cm³/mol. The Bertz CT molecular complexity index is 399. The van der Waals surface area contributed by atoms with E-state index in [1.54, 1.807) is 0 Å². The highest BCUT2D eigenvalue weighted by atomic mass is 16.5. The molecule has 2 N–H and O–H groups in total. The smallest absolute Gasteiger partial charge is 0.0507 e. The van der Waals surface area contributed by atoms with Gasteiger partial charge < -0.3 is 15.4 Å². The highest BCUT2D eigenvalue weighted by Gasteiger charge is 2.14. The van der Waals surface area contributed by atoms with E-state index in [0.717, 1.165) is 39.4 Å². The molecule has 1 saturated heterocycles. The summed E-state index contributed by atoms with van der Waals surface area (Å²) in [6.45, 7) is 6.07. The van der Waals surface area contributed by atoms with Crippen molar-refractivity contribution >= 4 is 0 Å². The topological polar surface area (TPSA) is 33.3 Å². The van der Waals surface area contributed by atoms with Crippen LogP contribution in [0.5, 0.6) is 0 Å². The van der Waals surface area contributed by atoms with E-state index in [4.69, 9.17) is 4.74 Å². The van der Waals surface area contributed by atoms with Crippen molar-refractivity contribution in [3.05, 3.63) is 34.9 Å². The fourth-order valence-electron chi connectivity index (χ4n) is 2.81. The third kappa shape index (κ3) is 2.91. The van der Waals surface area contributed by atoms with E-state index >= 15 is 0 Å². The van der Waals surface area contributed by atoms with Crippen LogP contribution in [0.25, 0.3) is 0 Å². The van der Waals surface area contributed by atoms with Crippen molar-refractivity contribution in [3.8, 4) is 0 Å². The summed E-state index contributed by atoms with van der Waals surface area (Å²) in [5, 5.41) is 6.98. The van der Waals surface area contributed by atoms with Crippen LogP contribution < -0.4 is 10.6 Å². The van der Waals surface area contributed by atoms with Gasteiger partial charge in [0.25, 0.3) is 0 Å². The van der Waals surface area contributed by atoms with Crippen LogP contribution in [0.4, 0.5) is 0 Å². The van der Waals surface area contributed by atoms with Gasteiger partial charge in [0, 0.05) is 26.2 Å². The van der Waals surface area contributed by atoms with Crippen LogP contribution in [0.3, 0.4) is 0 Å². The van der Waals surface area contributed by atoms with Crippen LogP contribution in [0.2, 0.25) is 0 Å². The molecule has 0 amide bonds. The maximum atomic E-state index is 5.39. The van der Waals surface area contributed by atoms with E-state index in [1.807, 2.05) is 0 Å². The maximum absolute atomic E-state index is 5.39. The average Bonchev–Trinajstić information content (AvgIpc) is 2.92. The second-order valence-electron chi connectivity index (χ2n) is 5.39. The van der Waals surface area contributed by atoms with E-state index in [9.17, 15) is 0 Å². The molecular weight excluding hydrogens is 224 g/mol. The van der Waals surface area contributed by atoms with Gasteiger partial charge in [0.15, 0.2) is 0 Å². The molecule has 2 aliphatic heterocycles. The molecule has 1 aromatic carbocycles. The van der Waals surface area contributed by atoms with Gasteiger partial charge in [-0.05, 0) is 42.0 Å². The van der Waals surface area contributed by atoms with E-state index in [1.165, 1.54) is 29.5 Å². The largest absolute Gasteiger partial charge is 0.381 e. The van der Waals surface area contributed by atoms with E-state index in [-0.39, 0.29) is 0 Å². The minimum Gasteiger partial charge on any atom is -0.381 e. The summed E-state index contributed by atoms with van der Waals surface area (Å²) in [6.07, 6.45) is 2.38. The number of rotatable bonds is 4. The number of fused-ring (bicyclic) bond motifs is 1. The first kappa shape index (κ1) is 12.2. The molecule has 2 aliphatic rings. The van der Waals surface area contributed by atoms with Crippen molar-refractivity contribution < 1.29 is 4.74 Å². The maximum Gasteiger partial charge on any atom is 0.0507 e. The summed E-state index contributed by atoms with van der Waals surface area (Å²) in [6, 6.07) is 6.91. The summed E-state index contributed by atoms with van der Waals surface area (Å²) in [7, 11) is 0. The molecule has 1 atom stereocenters. The molecule has 98 valence electrons. The first-order valence-electron chi connectivity index (χ1n) is 7.02. The lowest BCUT2D eigenvalue weighted by Crippen LogP contribution is -2.25. The molecule has 3 heteroatoms. The monoisotopic (exact) mass is 246 g/mol. The number of hydrogen-bond donors (Lipinski definition) is 2. The molecule has 3 rings (SSSR count). The third-order valence-corrected chi connectivity index (χ3v) is 3.94. The minimum absolute atomic E-state index is 0.712. The van der Waals surface area contributed by atoms with Crippen LogP contribution in [-0.4, -0.2) is 26.3 Å². The molecule has 0 bridgehead atoms. The molecular formula is C15H22N2O. The Balaban J connectivity index is 1.52. The van der Waals surface area contributed by atoms with Gasteiger partial charge >= 0.3 is 0 Å². The highest BCUT2D eigenvalue weighted by Crippen LogP contribution is 2.16. The van der Waals surface area contributed by atoms with Gasteiger partial charge in [0.2, 0.25) is 0 Å². The molecule has 18 heavy (non-hydrogen) atoms. The molecule has 1 unspecified atom stereocenters. The zero-order valence-corrected chi connectivity index (χ0v) is 10.9. The Morgan fingerprint density at radius 3 is 3.22 bits per heavy atom. The van der Waals surface area contributed by atoms with Gasteiger partial charge in [0.05, 0.1) is 6.61 Å². The fourth-order valence-corrected chi connectivity index (χ4v) is 2.81. The Morgan fingerprint density at radius 2 is 2.33 bits per heavy atom. The second-order valence-corrected chi connectivity index (χ2v) is 5.39. The molecule has 0 spiro atoms. The SMILES string of the molecule is c1cc2c(cc1CNCC1CCOC1)CNCC2. The van der Waals surface area contributed by atoms with Crippen LogP contribution in [0, 0.1) is 5.92 Å². The summed E-state index contributed by atoms with van der Waals surface area (Å²) in [5.41, 5.74) is 4.39. The zero-order valence-electron chi connectivity index (χ0n) is 10.9. The normalized spacial score (nSPS) is 23.0. The van der Waals surface area contributed by atoms with E-state index in [2.05, 4.69) is 28.8 Å². The standard InChI is InChI=1S/C15H22N2O/c1-2-14-3-5-16-10-15(14)7-12(1)8-17-9-13-4-6-18-11-13/h1-2,7,13,16-17H,3-6,8-11H2. The quantitative estimate of drug-likeness (QED) is 0.844. The van der Waals surface area contributed by atoms with Crippen molar-refractivity contribution in [1.29, 1.82) is 0 Å². The summed E-state index contributed by atoms with van der Waals surface area (Å²) in [5.74, 6) is 0.712. The van der Waals surface area contributed by atoms with Crippen molar-refractivity contribution in [2.45, 2.75) is 25.9 Å². The number of ether oxygens (including phenoxy) is 1. The molecule has 0 aromatic heterocycles.